The van der Waals surface area contributed by atoms with Crippen molar-refractivity contribution in [3.05, 3.63) is 46.0 Å². The predicted molar refractivity (Wildman–Crippen MR) is 60.1 cm³/mol. The number of benzene rings is 1. The molecular weight excluding hydrogens is 226 g/mol. The number of aliphatic carboxylic acids is 1. The fourth-order valence-electron chi connectivity index (χ4n) is 1.18. The van der Waals surface area contributed by atoms with Crippen LogP contribution in [0.5, 0.6) is 5.75 Å². The van der Waals surface area contributed by atoms with Crippen LogP contribution in [0, 0.1) is 17.0 Å². The lowest BCUT2D eigenvalue weighted by atomic mass is 10.2. The molecule has 90 valence electrons. The van der Waals surface area contributed by atoms with Gasteiger partial charge >= 0.3 is 11.7 Å². The number of carbonyl (C=O) groups is 1. The number of rotatable bonds is 5. The normalized spacial score (nSPS) is 10.4. The van der Waals surface area contributed by atoms with E-state index in [1.54, 1.807) is 13.0 Å². The Hall–Kier alpha value is -2.37. The Morgan fingerprint density at radius 1 is 1.59 bits per heavy atom. The smallest absolute Gasteiger partial charge is 0.328 e. The molecule has 0 amide bonds. The molecule has 0 heterocycles. The molecular formula is C11H11NO5. The highest BCUT2D eigenvalue weighted by atomic mass is 16.6. The van der Waals surface area contributed by atoms with E-state index in [9.17, 15) is 14.9 Å². The summed E-state index contributed by atoms with van der Waals surface area (Å²) in [4.78, 5) is 20.4. The molecule has 0 radical (unpaired) electrons. The van der Waals surface area contributed by atoms with Crippen molar-refractivity contribution in [2.24, 2.45) is 0 Å². The number of nitrogens with zero attached hydrogens (tertiary/aromatic N) is 1. The average molecular weight is 237 g/mol. The Labute approximate surface area is 97.3 Å². The third-order valence-corrected chi connectivity index (χ3v) is 1.91. The van der Waals surface area contributed by atoms with E-state index < -0.39 is 10.9 Å². The molecule has 1 aromatic carbocycles. The molecule has 0 fully saturated rings. The van der Waals surface area contributed by atoms with Gasteiger partial charge in [0, 0.05) is 12.1 Å². The lowest BCUT2D eigenvalue weighted by Crippen LogP contribution is -1.99. The molecule has 1 rings (SSSR count). The summed E-state index contributed by atoms with van der Waals surface area (Å²) < 4.78 is 5.11. The van der Waals surface area contributed by atoms with Crippen molar-refractivity contribution in [3.63, 3.8) is 0 Å². The van der Waals surface area contributed by atoms with Crippen LogP contribution >= 0.6 is 0 Å². The minimum atomic E-state index is -1.09. The second-order valence-electron chi connectivity index (χ2n) is 3.28. The van der Waals surface area contributed by atoms with Crippen molar-refractivity contribution in [2.75, 3.05) is 6.61 Å². The topological polar surface area (TPSA) is 89.7 Å². The maximum absolute atomic E-state index is 10.7. The molecule has 0 aliphatic heterocycles. The average Bonchev–Trinajstić information content (AvgIpc) is 2.25. The fourth-order valence-corrected chi connectivity index (χ4v) is 1.18. The number of nitro groups is 1. The lowest BCUT2D eigenvalue weighted by Gasteiger charge is -2.04. The van der Waals surface area contributed by atoms with Crippen molar-refractivity contribution < 1.29 is 19.6 Å². The Bertz CT molecular complexity index is 467. The van der Waals surface area contributed by atoms with Crippen LogP contribution in [-0.2, 0) is 4.79 Å². The molecule has 1 N–H and O–H groups in total. The molecule has 0 spiro atoms. The lowest BCUT2D eigenvalue weighted by molar-refractivity contribution is -0.385. The quantitative estimate of drug-likeness (QED) is 0.480. The van der Waals surface area contributed by atoms with E-state index in [-0.39, 0.29) is 18.0 Å². The largest absolute Gasteiger partial charge is 0.483 e. The van der Waals surface area contributed by atoms with Crippen LogP contribution in [-0.4, -0.2) is 22.6 Å². The van der Waals surface area contributed by atoms with Crippen LogP contribution in [0.15, 0.2) is 30.4 Å². The predicted octanol–water partition coefficient (Wildman–Crippen LogP) is 1.92. The molecule has 0 aliphatic rings. The fraction of sp³-hybridized carbons (Fsp3) is 0.182. The summed E-state index contributed by atoms with van der Waals surface area (Å²) in [5, 5.41) is 19.1. The molecule has 0 atom stereocenters. The van der Waals surface area contributed by atoms with Crippen LogP contribution in [0.3, 0.4) is 0 Å². The van der Waals surface area contributed by atoms with Gasteiger partial charge in [-0.1, -0.05) is 6.07 Å². The summed E-state index contributed by atoms with van der Waals surface area (Å²) in [5.41, 5.74) is 0.624. The standard InChI is InChI=1S/C11H11NO5/c1-8-4-5-10(9(7-8)12(15)16)17-6-2-3-11(13)14/h2-5,7H,6H2,1H3,(H,13,14). The van der Waals surface area contributed by atoms with E-state index in [0.29, 0.717) is 0 Å². The Balaban J connectivity index is 2.77. The van der Waals surface area contributed by atoms with Gasteiger partial charge in [-0.25, -0.2) is 4.79 Å². The molecule has 0 saturated carbocycles. The number of carboxylic acid groups (broad SMARTS) is 1. The number of carboxylic acids is 1. The van der Waals surface area contributed by atoms with Gasteiger partial charge in [-0.15, -0.1) is 0 Å². The van der Waals surface area contributed by atoms with E-state index in [2.05, 4.69) is 0 Å². The minimum absolute atomic E-state index is 0.0315. The van der Waals surface area contributed by atoms with Crippen molar-refractivity contribution in [1.29, 1.82) is 0 Å². The summed E-state index contributed by atoms with van der Waals surface area (Å²) in [6.45, 7) is 1.71. The van der Waals surface area contributed by atoms with Gasteiger partial charge in [0.05, 0.1) is 4.92 Å². The van der Waals surface area contributed by atoms with Gasteiger partial charge in [0.25, 0.3) is 0 Å². The molecule has 0 saturated heterocycles. The van der Waals surface area contributed by atoms with Gasteiger partial charge in [-0.2, -0.15) is 0 Å². The van der Waals surface area contributed by atoms with Crippen molar-refractivity contribution in [1.82, 2.24) is 0 Å². The van der Waals surface area contributed by atoms with Crippen molar-refractivity contribution in [3.8, 4) is 5.75 Å². The number of hydrogen-bond donors (Lipinski definition) is 1. The highest BCUT2D eigenvalue weighted by molar-refractivity contribution is 5.79. The van der Waals surface area contributed by atoms with Crippen LogP contribution in [0.25, 0.3) is 0 Å². The minimum Gasteiger partial charge on any atom is -0.483 e. The van der Waals surface area contributed by atoms with Gasteiger partial charge < -0.3 is 9.84 Å². The highest BCUT2D eigenvalue weighted by Gasteiger charge is 2.14. The van der Waals surface area contributed by atoms with E-state index in [1.165, 1.54) is 18.2 Å². The monoisotopic (exact) mass is 237 g/mol. The maximum atomic E-state index is 10.7. The van der Waals surface area contributed by atoms with Gasteiger partial charge in [0.15, 0.2) is 5.75 Å². The van der Waals surface area contributed by atoms with E-state index in [1.807, 2.05) is 0 Å². The van der Waals surface area contributed by atoms with Gasteiger partial charge in [0.2, 0.25) is 0 Å². The molecule has 0 bridgehead atoms. The molecule has 1 aromatic rings. The molecule has 17 heavy (non-hydrogen) atoms. The van der Waals surface area contributed by atoms with Gasteiger partial charge in [0.1, 0.15) is 6.61 Å². The third kappa shape index (κ3) is 3.94. The van der Waals surface area contributed by atoms with E-state index >= 15 is 0 Å². The molecule has 6 nitrogen and oxygen atoms in total. The zero-order valence-electron chi connectivity index (χ0n) is 9.12. The van der Waals surface area contributed by atoms with Crippen molar-refractivity contribution >= 4 is 11.7 Å². The van der Waals surface area contributed by atoms with Crippen molar-refractivity contribution in [2.45, 2.75) is 6.92 Å². The second kappa shape index (κ2) is 5.64. The SMILES string of the molecule is Cc1ccc(OCC=CC(=O)O)c([N+](=O)[O-])c1. The summed E-state index contributed by atoms with van der Waals surface area (Å²) in [6.07, 6.45) is 2.19. The van der Waals surface area contributed by atoms with Crippen LogP contribution in [0.4, 0.5) is 5.69 Å². The van der Waals surface area contributed by atoms with Gasteiger partial charge in [-0.05, 0) is 24.6 Å². The maximum Gasteiger partial charge on any atom is 0.328 e. The molecule has 0 aliphatic carbocycles. The number of aryl methyl sites for hydroxylation is 1. The van der Waals surface area contributed by atoms with Crippen LogP contribution in [0.2, 0.25) is 0 Å². The van der Waals surface area contributed by atoms with E-state index in [4.69, 9.17) is 9.84 Å². The van der Waals surface area contributed by atoms with Crippen LogP contribution in [0.1, 0.15) is 5.56 Å². The van der Waals surface area contributed by atoms with Crippen LogP contribution < -0.4 is 4.74 Å². The summed E-state index contributed by atoms with van der Waals surface area (Å²) in [7, 11) is 0. The first-order valence-electron chi connectivity index (χ1n) is 4.78. The molecule has 0 unspecified atom stereocenters. The molecule has 6 heteroatoms. The van der Waals surface area contributed by atoms with Gasteiger partial charge in [-0.3, -0.25) is 10.1 Å². The number of nitro benzene ring substituents is 1. The zero-order valence-corrected chi connectivity index (χ0v) is 9.12. The zero-order chi connectivity index (χ0) is 12.8. The second-order valence-corrected chi connectivity index (χ2v) is 3.28. The number of hydrogen-bond acceptors (Lipinski definition) is 4. The number of ether oxygens (including phenoxy) is 1. The Morgan fingerprint density at radius 3 is 2.88 bits per heavy atom. The first-order chi connectivity index (χ1) is 8.00. The summed E-state index contributed by atoms with van der Waals surface area (Å²) in [5.74, 6) is -0.970. The Kier molecular flexibility index (Phi) is 4.21. The summed E-state index contributed by atoms with van der Waals surface area (Å²) in [6, 6.07) is 4.57. The third-order valence-electron chi connectivity index (χ3n) is 1.91. The molecule has 0 aromatic heterocycles. The van der Waals surface area contributed by atoms with E-state index in [0.717, 1.165) is 11.6 Å². The highest BCUT2D eigenvalue weighted by Crippen LogP contribution is 2.27. The first-order valence-corrected chi connectivity index (χ1v) is 4.78. The summed E-state index contributed by atoms with van der Waals surface area (Å²) >= 11 is 0. The Morgan fingerprint density at radius 2 is 2.29 bits per heavy atom. The first kappa shape index (κ1) is 12.7.